The predicted molar refractivity (Wildman–Crippen MR) is 64.5 cm³/mol. The number of hydrogen-bond donors (Lipinski definition) is 1. The fraction of sp³-hybridized carbons (Fsp3) is 0.300. The molecule has 0 radical (unpaired) electrons. The minimum atomic E-state index is -3.83. The van der Waals surface area contributed by atoms with E-state index in [0.29, 0.717) is 0 Å². The molecule has 0 amide bonds. The van der Waals surface area contributed by atoms with Gasteiger partial charge in [-0.3, -0.25) is 0 Å². The summed E-state index contributed by atoms with van der Waals surface area (Å²) >= 11 is 0.873. The van der Waals surface area contributed by atoms with Crippen molar-refractivity contribution in [2.75, 3.05) is 13.1 Å². The number of aromatic carboxylic acids is 1. The van der Waals surface area contributed by atoms with E-state index in [4.69, 9.17) is 11.5 Å². The summed E-state index contributed by atoms with van der Waals surface area (Å²) < 4.78 is 25.3. The number of carboxylic acid groups (broad SMARTS) is 1. The summed E-state index contributed by atoms with van der Waals surface area (Å²) in [5, 5.41) is 10.3. The number of sulfonamides is 1. The maximum Gasteiger partial charge on any atom is 0.347 e. The Morgan fingerprint density at radius 2 is 2.29 bits per heavy atom. The summed E-state index contributed by atoms with van der Waals surface area (Å²) in [5.41, 5.74) is 0. The van der Waals surface area contributed by atoms with Gasteiger partial charge in [0, 0.05) is 6.54 Å². The number of nitrogens with zero attached hydrogens (tertiary/aromatic N) is 1. The largest absolute Gasteiger partial charge is 0.477 e. The maximum atomic E-state index is 12.1. The normalized spacial score (nSPS) is 11.4. The smallest absolute Gasteiger partial charge is 0.347 e. The first-order valence-corrected chi connectivity index (χ1v) is 7.01. The zero-order valence-corrected chi connectivity index (χ0v) is 10.7. The summed E-state index contributed by atoms with van der Waals surface area (Å²) in [7, 11) is -3.83. The van der Waals surface area contributed by atoms with E-state index in [1.165, 1.54) is 11.4 Å². The van der Waals surface area contributed by atoms with Crippen LogP contribution in [0.15, 0.2) is 16.3 Å². The van der Waals surface area contributed by atoms with E-state index >= 15 is 0 Å². The molecule has 1 rings (SSSR count). The van der Waals surface area contributed by atoms with Crippen molar-refractivity contribution in [3.05, 3.63) is 16.3 Å². The summed E-state index contributed by atoms with van der Waals surface area (Å²) in [6, 6.07) is 1.28. The molecule has 1 heterocycles. The molecule has 0 atom stereocenters. The topological polar surface area (TPSA) is 74.7 Å². The van der Waals surface area contributed by atoms with Crippen molar-refractivity contribution >= 4 is 27.3 Å². The van der Waals surface area contributed by atoms with Crippen molar-refractivity contribution in [1.82, 2.24) is 4.31 Å². The second kappa shape index (κ2) is 5.31. The highest BCUT2D eigenvalue weighted by atomic mass is 32.2. The van der Waals surface area contributed by atoms with Gasteiger partial charge in [-0.15, -0.1) is 17.8 Å². The van der Waals surface area contributed by atoms with Crippen LogP contribution >= 0.6 is 11.3 Å². The highest BCUT2D eigenvalue weighted by Gasteiger charge is 2.28. The van der Waals surface area contributed by atoms with Gasteiger partial charge in [0.15, 0.2) is 0 Å². The highest BCUT2D eigenvalue weighted by Crippen LogP contribution is 2.24. The second-order valence-electron chi connectivity index (χ2n) is 3.05. The van der Waals surface area contributed by atoms with Crippen LogP contribution in [0.1, 0.15) is 16.6 Å². The lowest BCUT2D eigenvalue weighted by molar-refractivity contribution is 0.0698. The quantitative estimate of drug-likeness (QED) is 0.815. The Hall–Kier alpha value is -1.36. The predicted octanol–water partition coefficient (Wildman–Crippen LogP) is 1.09. The molecule has 0 saturated heterocycles. The molecule has 0 spiro atoms. The standard InChI is InChI=1S/C10H11NO4S2/c1-3-6-11(4-2)17(14,15)8-5-7-16-9(8)10(12)13/h1,5,7H,4,6H2,2H3,(H,12,13). The van der Waals surface area contributed by atoms with E-state index in [0.717, 1.165) is 15.6 Å². The number of hydrogen-bond acceptors (Lipinski definition) is 4. The third kappa shape index (κ3) is 2.66. The van der Waals surface area contributed by atoms with Crippen molar-refractivity contribution < 1.29 is 18.3 Å². The molecule has 7 heteroatoms. The molecule has 0 unspecified atom stereocenters. The van der Waals surface area contributed by atoms with E-state index in [2.05, 4.69) is 5.92 Å². The zero-order chi connectivity index (χ0) is 13.1. The van der Waals surface area contributed by atoms with Crippen LogP contribution < -0.4 is 0 Å². The van der Waals surface area contributed by atoms with Crippen molar-refractivity contribution in [3.8, 4) is 12.3 Å². The minimum Gasteiger partial charge on any atom is -0.477 e. The van der Waals surface area contributed by atoms with Crippen LogP contribution in [0.5, 0.6) is 0 Å². The van der Waals surface area contributed by atoms with Crippen LogP contribution in [0.4, 0.5) is 0 Å². The fourth-order valence-corrected chi connectivity index (χ4v) is 3.86. The Balaban J connectivity index is 3.26. The number of carbonyl (C=O) groups is 1. The van der Waals surface area contributed by atoms with Gasteiger partial charge in [0.2, 0.25) is 10.0 Å². The van der Waals surface area contributed by atoms with Gasteiger partial charge in [0.1, 0.15) is 9.77 Å². The van der Waals surface area contributed by atoms with E-state index in [9.17, 15) is 13.2 Å². The van der Waals surface area contributed by atoms with Gasteiger partial charge >= 0.3 is 5.97 Å². The molecular weight excluding hydrogens is 262 g/mol. The van der Waals surface area contributed by atoms with Gasteiger partial charge in [0.05, 0.1) is 6.54 Å². The average molecular weight is 273 g/mol. The molecule has 1 N–H and O–H groups in total. The highest BCUT2D eigenvalue weighted by molar-refractivity contribution is 7.89. The van der Waals surface area contributed by atoms with Crippen LogP contribution in [0.2, 0.25) is 0 Å². The summed E-state index contributed by atoms with van der Waals surface area (Å²) in [6.07, 6.45) is 5.08. The van der Waals surface area contributed by atoms with Crippen LogP contribution in [0, 0.1) is 12.3 Å². The third-order valence-corrected chi connectivity index (χ3v) is 5.06. The van der Waals surface area contributed by atoms with Gasteiger partial charge in [-0.2, -0.15) is 4.31 Å². The Morgan fingerprint density at radius 3 is 2.76 bits per heavy atom. The van der Waals surface area contributed by atoms with Crippen LogP contribution in [0.3, 0.4) is 0 Å². The molecular formula is C10H11NO4S2. The Bertz CT molecular complexity index is 553. The first kappa shape index (κ1) is 13.7. The van der Waals surface area contributed by atoms with E-state index in [1.54, 1.807) is 6.92 Å². The lowest BCUT2D eigenvalue weighted by Gasteiger charge is -2.17. The Kier molecular flexibility index (Phi) is 4.28. The van der Waals surface area contributed by atoms with E-state index < -0.39 is 16.0 Å². The van der Waals surface area contributed by atoms with Crippen LogP contribution in [0.25, 0.3) is 0 Å². The molecule has 0 bridgehead atoms. The average Bonchev–Trinajstić information content (AvgIpc) is 2.74. The van der Waals surface area contributed by atoms with E-state index in [-0.39, 0.29) is 22.9 Å². The minimum absolute atomic E-state index is 0.0757. The summed E-state index contributed by atoms with van der Waals surface area (Å²) in [6.45, 7) is 1.76. The van der Waals surface area contributed by atoms with E-state index in [1.807, 2.05) is 0 Å². The number of carboxylic acids is 1. The van der Waals surface area contributed by atoms with Crippen LogP contribution in [-0.4, -0.2) is 36.9 Å². The molecule has 0 aromatic carbocycles. The molecule has 5 nitrogen and oxygen atoms in total. The first-order chi connectivity index (χ1) is 7.95. The SMILES string of the molecule is C#CCN(CC)S(=O)(=O)c1ccsc1C(=O)O. The molecule has 0 saturated carbocycles. The first-order valence-electron chi connectivity index (χ1n) is 4.69. The third-order valence-electron chi connectivity index (χ3n) is 2.06. The lowest BCUT2D eigenvalue weighted by Crippen LogP contribution is -2.31. The Labute approximate surface area is 104 Å². The molecule has 1 aromatic rings. The monoisotopic (exact) mass is 273 g/mol. The van der Waals surface area contributed by atoms with Gasteiger partial charge in [0.25, 0.3) is 0 Å². The lowest BCUT2D eigenvalue weighted by atomic mass is 10.5. The molecule has 92 valence electrons. The molecule has 0 aliphatic rings. The number of thiophene rings is 1. The summed E-state index contributed by atoms with van der Waals surface area (Å²) in [5.74, 6) is 0.984. The maximum absolute atomic E-state index is 12.1. The van der Waals surface area contributed by atoms with Crippen molar-refractivity contribution in [3.63, 3.8) is 0 Å². The molecule has 0 aliphatic carbocycles. The van der Waals surface area contributed by atoms with Gasteiger partial charge in [-0.05, 0) is 11.4 Å². The van der Waals surface area contributed by atoms with Gasteiger partial charge in [-0.1, -0.05) is 12.8 Å². The molecule has 0 aliphatic heterocycles. The molecule has 1 aromatic heterocycles. The van der Waals surface area contributed by atoms with Crippen molar-refractivity contribution in [1.29, 1.82) is 0 Å². The van der Waals surface area contributed by atoms with Crippen molar-refractivity contribution in [2.24, 2.45) is 0 Å². The molecule has 0 fully saturated rings. The van der Waals surface area contributed by atoms with Gasteiger partial charge in [-0.25, -0.2) is 13.2 Å². The summed E-state index contributed by atoms with van der Waals surface area (Å²) in [4.78, 5) is 10.5. The Morgan fingerprint density at radius 1 is 1.65 bits per heavy atom. The van der Waals surface area contributed by atoms with Crippen molar-refractivity contribution in [2.45, 2.75) is 11.8 Å². The number of rotatable bonds is 5. The number of terminal acetylenes is 1. The molecule has 17 heavy (non-hydrogen) atoms. The fourth-order valence-electron chi connectivity index (χ4n) is 1.26. The zero-order valence-electron chi connectivity index (χ0n) is 9.08. The second-order valence-corrected chi connectivity index (χ2v) is 5.88. The van der Waals surface area contributed by atoms with Crippen LogP contribution in [-0.2, 0) is 10.0 Å². The van der Waals surface area contributed by atoms with Gasteiger partial charge < -0.3 is 5.11 Å².